The van der Waals surface area contributed by atoms with Crippen LogP contribution in [0.2, 0.25) is 0 Å². The summed E-state index contributed by atoms with van der Waals surface area (Å²) in [6.07, 6.45) is 1.88. The first-order valence-corrected chi connectivity index (χ1v) is 10.8. The van der Waals surface area contributed by atoms with Crippen molar-refractivity contribution in [2.75, 3.05) is 6.54 Å². The Morgan fingerprint density at radius 1 is 0.933 bits per heavy atom. The number of amides is 2. The van der Waals surface area contributed by atoms with Crippen molar-refractivity contribution in [1.29, 1.82) is 0 Å². The van der Waals surface area contributed by atoms with Gasteiger partial charge in [-0.15, -0.1) is 0 Å². The van der Waals surface area contributed by atoms with Gasteiger partial charge in [0.25, 0.3) is 0 Å². The smallest absolute Gasteiger partial charge is 0.315 e. The van der Waals surface area contributed by atoms with E-state index in [1.165, 1.54) is 9.13 Å². The number of carboxylic acid groups (broad SMARTS) is 1. The number of benzene rings is 1. The van der Waals surface area contributed by atoms with Crippen LogP contribution in [0.4, 0.5) is 4.79 Å². The molecule has 0 bridgehead atoms. The van der Waals surface area contributed by atoms with Gasteiger partial charge in [-0.1, -0.05) is 25.3 Å². The van der Waals surface area contributed by atoms with Crippen molar-refractivity contribution < 1.29 is 24.9 Å². The third kappa shape index (κ3) is 11.1. The molecule has 1 aromatic carbocycles. The number of aliphatic hydroxyl groups excluding tert-OH is 2. The molecule has 2 amide bonds. The fourth-order valence-corrected chi connectivity index (χ4v) is 3.06. The quantitative estimate of drug-likeness (QED) is 0.124. The lowest BCUT2D eigenvalue weighted by molar-refractivity contribution is -0.137. The zero-order valence-electron chi connectivity index (χ0n) is 16.9. The number of urea groups is 1. The molecular formula is C21H30IN3O5. The Bertz CT molecular complexity index is 724. The summed E-state index contributed by atoms with van der Waals surface area (Å²) in [5.41, 5.74) is 1.21. The fourth-order valence-electron chi connectivity index (χ4n) is 2.70. The first-order chi connectivity index (χ1) is 14.2. The Hall–Kier alpha value is -2.27. The first-order valence-electron chi connectivity index (χ1n) is 9.68. The van der Waals surface area contributed by atoms with E-state index >= 15 is 0 Å². The SMILES string of the molecule is C=C(O)[C@H](CCCCNCc1ccc(I)cc1)NC(=O)N[C@@H](CCC(=O)O)C(=C)O. The third-order valence-corrected chi connectivity index (χ3v) is 5.12. The molecule has 30 heavy (non-hydrogen) atoms. The largest absolute Gasteiger partial charge is 0.511 e. The second-order valence-electron chi connectivity index (χ2n) is 6.94. The molecule has 2 atom stereocenters. The Labute approximate surface area is 190 Å². The maximum atomic E-state index is 12.1. The topological polar surface area (TPSA) is 131 Å². The molecule has 0 saturated carbocycles. The zero-order chi connectivity index (χ0) is 22.5. The summed E-state index contributed by atoms with van der Waals surface area (Å²) in [4.78, 5) is 22.8. The minimum absolute atomic E-state index is 0.00899. The molecule has 0 fully saturated rings. The molecule has 0 aromatic heterocycles. The highest BCUT2D eigenvalue weighted by Gasteiger charge is 2.20. The van der Waals surface area contributed by atoms with Gasteiger partial charge in [0.05, 0.1) is 12.1 Å². The minimum Gasteiger partial charge on any atom is -0.511 e. The minimum atomic E-state index is -1.04. The van der Waals surface area contributed by atoms with Gasteiger partial charge >= 0.3 is 12.0 Å². The highest BCUT2D eigenvalue weighted by Crippen LogP contribution is 2.09. The number of carbonyl (C=O) groups excluding carboxylic acids is 1. The zero-order valence-corrected chi connectivity index (χ0v) is 19.0. The van der Waals surface area contributed by atoms with Gasteiger partial charge in [0.2, 0.25) is 0 Å². The molecule has 8 nitrogen and oxygen atoms in total. The van der Waals surface area contributed by atoms with E-state index in [-0.39, 0.29) is 24.4 Å². The summed E-state index contributed by atoms with van der Waals surface area (Å²) in [5, 5.41) is 36.4. The number of aliphatic carboxylic acids is 1. The second kappa shape index (κ2) is 13.9. The normalized spacial score (nSPS) is 12.6. The third-order valence-electron chi connectivity index (χ3n) is 4.40. The number of unbranched alkanes of at least 4 members (excludes halogenated alkanes) is 1. The molecule has 1 rings (SSSR count). The van der Waals surface area contributed by atoms with Crippen LogP contribution in [0.5, 0.6) is 0 Å². The van der Waals surface area contributed by atoms with E-state index in [1.54, 1.807) is 0 Å². The number of carboxylic acids is 1. The van der Waals surface area contributed by atoms with E-state index < -0.39 is 24.1 Å². The lowest BCUT2D eigenvalue weighted by atomic mass is 10.1. The standard InChI is InChI=1S/C21H30IN3O5/c1-14(26)18(24-21(30)25-19(15(2)27)10-11-20(28)29)5-3-4-12-23-13-16-6-8-17(22)9-7-16/h6-9,18-19,23,26-27H,1-5,10-13H2,(H,28,29)(H2,24,25,30)/t18-,19-/m0/s1. The van der Waals surface area contributed by atoms with Crippen molar-refractivity contribution in [2.24, 2.45) is 0 Å². The molecule has 0 spiro atoms. The molecular weight excluding hydrogens is 501 g/mol. The van der Waals surface area contributed by atoms with Crippen molar-refractivity contribution in [3.63, 3.8) is 0 Å². The van der Waals surface area contributed by atoms with Crippen molar-refractivity contribution in [2.45, 2.75) is 50.7 Å². The van der Waals surface area contributed by atoms with Crippen LogP contribution in [-0.4, -0.2) is 45.9 Å². The van der Waals surface area contributed by atoms with Crippen LogP contribution in [0.15, 0.2) is 48.9 Å². The summed E-state index contributed by atoms with van der Waals surface area (Å²) in [5.74, 6) is -1.53. The van der Waals surface area contributed by atoms with Gasteiger partial charge in [-0.3, -0.25) is 4.79 Å². The van der Waals surface area contributed by atoms with Gasteiger partial charge in [0, 0.05) is 16.5 Å². The lowest BCUT2D eigenvalue weighted by Crippen LogP contribution is -2.47. The van der Waals surface area contributed by atoms with Crippen molar-refractivity contribution >= 4 is 34.6 Å². The summed E-state index contributed by atoms with van der Waals surface area (Å²) in [7, 11) is 0. The number of hydrogen-bond acceptors (Lipinski definition) is 5. The lowest BCUT2D eigenvalue weighted by Gasteiger charge is -2.21. The van der Waals surface area contributed by atoms with E-state index in [0.29, 0.717) is 6.42 Å². The maximum Gasteiger partial charge on any atom is 0.315 e. The average Bonchev–Trinajstić information content (AvgIpc) is 2.67. The Balaban J connectivity index is 2.34. The maximum absolute atomic E-state index is 12.1. The predicted molar refractivity (Wildman–Crippen MR) is 124 cm³/mol. The van der Waals surface area contributed by atoms with Crippen molar-refractivity contribution in [3.8, 4) is 0 Å². The van der Waals surface area contributed by atoms with Gasteiger partial charge in [0.1, 0.15) is 11.5 Å². The molecule has 0 radical (unpaired) electrons. The molecule has 9 heteroatoms. The Morgan fingerprint density at radius 3 is 2.03 bits per heavy atom. The van der Waals surface area contributed by atoms with Crippen LogP contribution in [0.25, 0.3) is 0 Å². The van der Waals surface area contributed by atoms with Gasteiger partial charge < -0.3 is 31.3 Å². The van der Waals surface area contributed by atoms with Gasteiger partial charge in [-0.05, 0) is 72.5 Å². The van der Waals surface area contributed by atoms with Crippen LogP contribution in [0, 0.1) is 3.57 Å². The summed E-state index contributed by atoms with van der Waals surface area (Å²) in [6.45, 7) is 8.42. The molecule has 0 heterocycles. The van der Waals surface area contributed by atoms with Crippen molar-refractivity contribution in [3.05, 3.63) is 58.1 Å². The molecule has 0 unspecified atom stereocenters. The Morgan fingerprint density at radius 2 is 1.50 bits per heavy atom. The second-order valence-corrected chi connectivity index (χ2v) is 8.18. The molecule has 1 aromatic rings. The molecule has 0 saturated heterocycles. The summed E-state index contributed by atoms with van der Waals surface area (Å²) < 4.78 is 1.19. The highest BCUT2D eigenvalue weighted by atomic mass is 127. The van der Waals surface area contributed by atoms with E-state index in [2.05, 4.69) is 76.0 Å². The number of rotatable bonds is 14. The number of hydrogen-bond donors (Lipinski definition) is 6. The number of aliphatic hydroxyl groups is 2. The highest BCUT2D eigenvalue weighted by molar-refractivity contribution is 14.1. The fraction of sp³-hybridized carbons (Fsp3) is 0.429. The van der Waals surface area contributed by atoms with E-state index in [1.807, 2.05) is 0 Å². The van der Waals surface area contributed by atoms with E-state index in [4.69, 9.17) is 5.11 Å². The molecule has 0 aliphatic rings. The van der Waals surface area contributed by atoms with Crippen molar-refractivity contribution in [1.82, 2.24) is 16.0 Å². The molecule has 6 N–H and O–H groups in total. The van der Waals surface area contributed by atoms with Crippen LogP contribution >= 0.6 is 22.6 Å². The Kier molecular flexibility index (Phi) is 11.9. The first kappa shape index (κ1) is 25.8. The van der Waals surface area contributed by atoms with Gasteiger partial charge in [-0.25, -0.2) is 4.79 Å². The van der Waals surface area contributed by atoms with Gasteiger partial charge in [0.15, 0.2) is 0 Å². The average molecular weight is 531 g/mol. The predicted octanol–water partition coefficient (Wildman–Crippen LogP) is 3.60. The molecule has 166 valence electrons. The molecule has 0 aliphatic heterocycles. The number of nitrogens with one attached hydrogen (secondary N) is 3. The van der Waals surface area contributed by atoms with Crippen LogP contribution in [-0.2, 0) is 11.3 Å². The summed E-state index contributed by atoms with van der Waals surface area (Å²) in [6, 6.07) is 6.10. The van der Waals surface area contributed by atoms with Crippen LogP contribution in [0.3, 0.4) is 0 Å². The molecule has 0 aliphatic carbocycles. The van der Waals surface area contributed by atoms with Gasteiger partial charge in [-0.2, -0.15) is 0 Å². The van der Waals surface area contributed by atoms with Crippen LogP contribution < -0.4 is 16.0 Å². The number of halogens is 1. The van der Waals surface area contributed by atoms with E-state index in [0.717, 1.165) is 25.9 Å². The van der Waals surface area contributed by atoms with Crippen LogP contribution in [0.1, 0.15) is 37.7 Å². The number of carbonyl (C=O) groups is 2. The monoisotopic (exact) mass is 531 g/mol. The van der Waals surface area contributed by atoms with E-state index in [9.17, 15) is 19.8 Å². The summed E-state index contributed by atoms with van der Waals surface area (Å²) >= 11 is 2.27.